The number of likely N-dealkylation sites (tertiary alicyclic amines) is 1. The van der Waals surface area contributed by atoms with Gasteiger partial charge in [-0.2, -0.15) is 0 Å². The highest BCUT2D eigenvalue weighted by Gasteiger charge is 2.48. The summed E-state index contributed by atoms with van der Waals surface area (Å²) >= 11 is 6.46. The molecular formula is C42H49ClN4O6S. The molecule has 0 radical (unpaired) electrons. The molecule has 2 atom stereocenters. The summed E-state index contributed by atoms with van der Waals surface area (Å²) in [5.74, 6) is 1.45. The number of likely N-dealkylation sites (N-methyl/N-ethyl adjacent to an activating group) is 2. The van der Waals surface area contributed by atoms with Crippen molar-refractivity contribution in [3.05, 3.63) is 124 Å². The maximum Gasteiger partial charge on any atom is 0.318 e. The van der Waals surface area contributed by atoms with Crippen LogP contribution in [0.1, 0.15) is 51.9 Å². The van der Waals surface area contributed by atoms with Gasteiger partial charge in [0.05, 0.1) is 31.6 Å². The van der Waals surface area contributed by atoms with Gasteiger partial charge >= 0.3 is 6.03 Å². The lowest BCUT2D eigenvalue weighted by molar-refractivity contribution is 0.0537. The van der Waals surface area contributed by atoms with Crippen LogP contribution in [-0.2, 0) is 33.4 Å². The summed E-state index contributed by atoms with van der Waals surface area (Å²) in [7, 11) is 7.10. The van der Waals surface area contributed by atoms with Crippen LogP contribution >= 0.6 is 11.6 Å². The SMILES string of the molecule is COc1cc(C(=O)N(C)CC(CCN2CCC3(CC2)c2ccccc2CS3=O)(c2ccccc2)N(C)C(=O)NCc2ccccc2Cl)cc(OC)c1OC. The van der Waals surface area contributed by atoms with Crippen LogP contribution in [0, 0.1) is 0 Å². The molecule has 4 aromatic rings. The Morgan fingerprint density at radius 1 is 0.889 bits per heavy atom. The normalized spacial score (nSPS) is 17.3. The molecule has 54 heavy (non-hydrogen) atoms. The lowest BCUT2D eigenvalue weighted by Crippen LogP contribution is -2.58. The zero-order valence-electron chi connectivity index (χ0n) is 31.6. The number of methoxy groups -OCH3 is 3. The van der Waals surface area contributed by atoms with Crippen LogP contribution in [-0.4, -0.2) is 92.5 Å². The molecule has 2 aliphatic rings. The van der Waals surface area contributed by atoms with Crippen molar-refractivity contribution in [3.8, 4) is 17.2 Å². The summed E-state index contributed by atoms with van der Waals surface area (Å²) in [6, 6.07) is 28.6. The van der Waals surface area contributed by atoms with Gasteiger partial charge in [-0.25, -0.2) is 4.79 Å². The molecule has 286 valence electrons. The number of fused-ring (bicyclic) bond motifs is 2. The molecule has 0 aromatic heterocycles. The van der Waals surface area contributed by atoms with Crippen molar-refractivity contribution in [2.75, 3.05) is 61.6 Å². The third kappa shape index (κ3) is 7.67. The van der Waals surface area contributed by atoms with Gasteiger partial charge in [-0.1, -0.05) is 84.4 Å². The van der Waals surface area contributed by atoms with Crippen LogP contribution in [0.2, 0.25) is 5.02 Å². The maximum atomic E-state index is 14.3. The number of nitrogens with zero attached hydrogens (tertiary/aromatic N) is 3. The molecule has 1 saturated heterocycles. The van der Waals surface area contributed by atoms with Crippen LogP contribution in [0.15, 0.2) is 91.0 Å². The quantitative estimate of drug-likeness (QED) is 0.159. The molecule has 0 bridgehead atoms. The number of halogens is 1. The minimum Gasteiger partial charge on any atom is -0.493 e. The van der Waals surface area contributed by atoms with Crippen molar-refractivity contribution < 1.29 is 28.0 Å². The smallest absolute Gasteiger partial charge is 0.318 e. The van der Waals surface area contributed by atoms with Crippen molar-refractivity contribution in [1.29, 1.82) is 0 Å². The first kappa shape index (κ1) is 39.1. The van der Waals surface area contributed by atoms with E-state index in [2.05, 4.69) is 22.3 Å². The number of rotatable bonds is 13. The second kappa shape index (κ2) is 16.8. The largest absolute Gasteiger partial charge is 0.493 e. The Morgan fingerprint density at radius 3 is 2.17 bits per heavy atom. The lowest BCUT2D eigenvalue weighted by atomic mass is 9.83. The van der Waals surface area contributed by atoms with Crippen molar-refractivity contribution in [1.82, 2.24) is 20.0 Å². The van der Waals surface area contributed by atoms with E-state index in [0.717, 1.165) is 37.1 Å². The Balaban J connectivity index is 1.31. The summed E-state index contributed by atoms with van der Waals surface area (Å²) < 4.78 is 29.8. The molecule has 10 nitrogen and oxygen atoms in total. The zero-order valence-corrected chi connectivity index (χ0v) is 33.2. The Bertz CT molecular complexity index is 1960. The first-order valence-corrected chi connectivity index (χ1v) is 19.8. The van der Waals surface area contributed by atoms with Gasteiger partial charge in [-0.15, -0.1) is 0 Å². The summed E-state index contributed by atoms with van der Waals surface area (Å²) in [6.45, 7) is 2.60. The fourth-order valence-corrected chi connectivity index (χ4v) is 10.1. The number of ether oxygens (including phenoxy) is 3. The molecule has 12 heteroatoms. The molecule has 1 spiro atoms. The van der Waals surface area contributed by atoms with Gasteiger partial charge in [0.2, 0.25) is 5.75 Å². The number of hydrogen-bond acceptors (Lipinski definition) is 7. The molecule has 1 N–H and O–H groups in total. The molecule has 2 aliphatic heterocycles. The summed E-state index contributed by atoms with van der Waals surface area (Å²) in [5.41, 5.74) is 3.50. The van der Waals surface area contributed by atoms with Gasteiger partial charge in [0.25, 0.3) is 5.91 Å². The Labute approximate surface area is 325 Å². The van der Waals surface area contributed by atoms with Crippen LogP contribution in [0.4, 0.5) is 4.79 Å². The number of nitrogens with one attached hydrogen (secondary N) is 1. The number of hydrogen-bond donors (Lipinski definition) is 1. The second-order valence-corrected chi connectivity index (χ2v) is 16.2. The van der Waals surface area contributed by atoms with Crippen molar-refractivity contribution in [3.63, 3.8) is 0 Å². The van der Waals surface area contributed by atoms with E-state index in [0.29, 0.717) is 46.6 Å². The fraction of sp³-hybridized carbons (Fsp3) is 0.381. The number of urea groups is 1. The van der Waals surface area contributed by atoms with Crippen molar-refractivity contribution in [2.45, 2.75) is 41.8 Å². The molecule has 6 rings (SSSR count). The van der Waals surface area contributed by atoms with E-state index in [-0.39, 0.29) is 29.8 Å². The first-order chi connectivity index (χ1) is 26.1. The number of amides is 3. The monoisotopic (exact) mass is 772 g/mol. The molecule has 4 aromatic carbocycles. The average Bonchev–Trinajstić information content (AvgIpc) is 3.48. The van der Waals surface area contributed by atoms with E-state index < -0.39 is 16.3 Å². The molecule has 0 saturated carbocycles. The number of benzene rings is 4. The number of carbonyl (C=O) groups excluding carboxylic acids is 2. The lowest BCUT2D eigenvalue weighted by Gasteiger charge is -2.46. The average molecular weight is 773 g/mol. The fourth-order valence-electron chi connectivity index (χ4n) is 8.02. The predicted octanol–water partition coefficient (Wildman–Crippen LogP) is 6.82. The Hall–Kier alpha value is -4.58. The highest BCUT2D eigenvalue weighted by Crippen LogP contribution is 2.47. The molecular weight excluding hydrogens is 724 g/mol. The molecule has 2 heterocycles. The van der Waals surface area contributed by atoms with E-state index in [1.165, 1.54) is 32.5 Å². The van der Waals surface area contributed by atoms with Crippen LogP contribution in [0.25, 0.3) is 0 Å². The van der Waals surface area contributed by atoms with Crippen molar-refractivity contribution >= 4 is 34.3 Å². The Kier molecular flexibility index (Phi) is 12.2. The molecule has 0 aliphatic carbocycles. The van der Waals surface area contributed by atoms with Crippen molar-refractivity contribution in [2.24, 2.45) is 0 Å². The highest BCUT2D eigenvalue weighted by molar-refractivity contribution is 7.85. The van der Waals surface area contributed by atoms with E-state index >= 15 is 0 Å². The molecule has 3 amide bonds. The summed E-state index contributed by atoms with van der Waals surface area (Å²) in [6.07, 6.45) is 2.11. The predicted molar refractivity (Wildman–Crippen MR) is 213 cm³/mol. The molecule has 2 unspecified atom stereocenters. The molecule has 1 fully saturated rings. The van der Waals surface area contributed by atoms with E-state index in [1.54, 1.807) is 42.1 Å². The van der Waals surface area contributed by atoms with Crippen LogP contribution < -0.4 is 19.5 Å². The zero-order chi connectivity index (χ0) is 38.5. The second-order valence-electron chi connectivity index (χ2n) is 14.0. The van der Waals surface area contributed by atoms with Gasteiger partial charge in [0.15, 0.2) is 11.5 Å². The standard InChI is InChI=1S/C42H49ClN4O6S/c1-45(39(48)32-25-36(51-3)38(53-5)37(26-32)52-4)29-41(33-15-7-6-8-16-33,46(2)40(49)44-27-30-13-10-12-18-35(30)43)19-22-47-23-20-42(21-24-47)34-17-11-9-14-31(34)28-54(42)50/h6-18,25-26H,19-24,27-29H2,1-5H3,(H,44,49). The maximum absolute atomic E-state index is 14.3. The number of carbonyl (C=O) groups is 2. The van der Waals surface area contributed by atoms with Gasteiger partial charge in [-0.3, -0.25) is 9.00 Å². The van der Waals surface area contributed by atoms with E-state index in [4.69, 9.17) is 25.8 Å². The number of piperidine rings is 1. The van der Waals surface area contributed by atoms with Gasteiger partial charge in [0, 0.05) is 60.9 Å². The third-order valence-corrected chi connectivity index (χ3v) is 13.6. The topological polar surface area (TPSA) is 101 Å². The van der Waals surface area contributed by atoms with Crippen LogP contribution in [0.3, 0.4) is 0 Å². The first-order valence-electron chi connectivity index (χ1n) is 18.1. The Morgan fingerprint density at radius 2 is 1.52 bits per heavy atom. The van der Waals surface area contributed by atoms with Crippen LogP contribution in [0.5, 0.6) is 17.2 Å². The minimum atomic E-state index is -0.969. The summed E-state index contributed by atoms with van der Waals surface area (Å²) in [5, 5.41) is 3.65. The van der Waals surface area contributed by atoms with Gasteiger partial charge < -0.3 is 34.2 Å². The van der Waals surface area contributed by atoms with E-state index in [9.17, 15) is 13.8 Å². The van der Waals surface area contributed by atoms with E-state index in [1.807, 2.05) is 60.7 Å². The highest BCUT2D eigenvalue weighted by atomic mass is 35.5. The third-order valence-electron chi connectivity index (χ3n) is 11.1. The summed E-state index contributed by atoms with van der Waals surface area (Å²) in [4.78, 5) is 34.3. The van der Waals surface area contributed by atoms with Gasteiger partial charge in [0.1, 0.15) is 0 Å². The minimum absolute atomic E-state index is 0.178. The van der Waals surface area contributed by atoms with Gasteiger partial charge in [-0.05, 0) is 72.8 Å².